The maximum atomic E-state index is 10.1. The van der Waals surface area contributed by atoms with Crippen molar-refractivity contribution in [3.63, 3.8) is 0 Å². The average molecular weight is 219 g/mol. The van der Waals surface area contributed by atoms with Gasteiger partial charge in [-0.1, -0.05) is 0 Å². The third kappa shape index (κ3) is 8.45. The Balaban J connectivity index is -0.000000202. The van der Waals surface area contributed by atoms with Crippen LogP contribution in [0.2, 0.25) is 0 Å². The van der Waals surface area contributed by atoms with Crippen LogP contribution in [0, 0.1) is 0 Å². The molecule has 0 aliphatic rings. The van der Waals surface area contributed by atoms with Gasteiger partial charge in [0, 0.05) is 0 Å². The molecule has 0 aromatic carbocycles. The van der Waals surface area contributed by atoms with Gasteiger partial charge in [-0.15, -0.1) is 0 Å². The molecule has 1 unspecified atom stereocenters. The SMILES string of the molecule is CC(O)N(CC(=O)O)CC(=O)O.[Ca+2].[H-].[H-]. The number of nitrogens with zero attached hydrogens (tertiary/aromatic N) is 1. The van der Waals surface area contributed by atoms with E-state index in [1.165, 1.54) is 6.92 Å². The number of aliphatic hydroxyl groups excluding tert-OH is 1. The molecule has 0 aliphatic carbocycles. The Morgan fingerprint density at radius 1 is 1.31 bits per heavy atom. The standard InChI is InChI=1S/C6H11NO5.Ca.2H/c1-4(8)7(2-5(9)10)3-6(11)12;;;/h4,8H,2-3H2,1H3,(H,9,10)(H,11,12);;;/q;+2;2*-1. The van der Waals surface area contributed by atoms with Crippen molar-refractivity contribution >= 4 is 49.7 Å². The largest absolute Gasteiger partial charge is 2.00 e. The first kappa shape index (κ1) is 15.6. The van der Waals surface area contributed by atoms with Gasteiger partial charge in [0.05, 0.1) is 13.1 Å². The molecule has 74 valence electrons. The van der Waals surface area contributed by atoms with Crippen LogP contribution in [0.1, 0.15) is 9.78 Å². The number of carboxylic acids is 2. The summed E-state index contributed by atoms with van der Waals surface area (Å²) >= 11 is 0. The second kappa shape index (κ2) is 7.52. The number of aliphatic hydroxyl groups is 1. The van der Waals surface area contributed by atoms with Gasteiger partial charge in [0.25, 0.3) is 0 Å². The first-order chi connectivity index (χ1) is 5.43. The van der Waals surface area contributed by atoms with E-state index < -0.39 is 31.3 Å². The monoisotopic (exact) mass is 219 g/mol. The Kier molecular flexibility index (Phi) is 9.01. The van der Waals surface area contributed by atoms with E-state index >= 15 is 0 Å². The summed E-state index contributed by atoms with van der Waals surface area (Å²) in [5, 5.41) is 25.5. The third-order valence-corrected chi connectivity index (χ3v) is 1.21. The quantitative estimate of drug-likeness (QED) is 0.390. The van der Waals surface area contributed by atoms with Crippen LogP contribution in [0.5, 0.6) is 0 Å². The molecule has 0 radical (unpaired) electrons. The van der Waals surface area contributed by atoms with Gasteiger partial charge in [0.15, 0.2) is 0 Å². The molecule has 6 nitrogen and oxygen atoms in total. The third-order valence-electron chi connectivity index (χ3n) is 1.21. The van der Waals surface area contributed by atoms with Crippen molar-refractivity contribution in [2.75, 3.05) is 13.1 Å². The molecule has 0 amide bonds. The van der Waals surface area contributed by atoms with Gasteiger partial charge in [0.1, 0.15) is 6.23 Å². The fraction of sp³-hybridized carbons (Fsp3) is 0.667. The molecule has 0 spiro atoms. The molecule has 7 heteroatoms. The Hall–Kier alpha value is 0.120. The second-order valence-corrected chi connectivity index (χ2v) is 2.32. The second-order valence-electron chi connectivity index (χ2n) is 2.32. The van der Waals surface area contributed by atoms with Crippen LogP contribution in [0.25, 0.3) is 0 Å². The smallest absolute Gasteiger partial charge is 1.00 e. The zero-order valence-electron chi connectivity index (χ0n) is 9.30. The normalized spacial score (nSPS) is 11.9. The van der Waals surface area contributed by atoms with Gasteiger partial charge < -0.3 is 18.2 Å². The van der Waals surface area contributed by atoms with E-state index in [9.17, 15) is 9.59 Å². The minimum atomic E-state index is -1.17. The van der Waals surface area contributed by atoms with E-state index in [4.69, 9.17) is 15.3 Å². The fourth-order valence-corrected chi connectivity index (χ4v) is 0.668. The first-order valence-corrected chi connectivity index (χ1v) is 3.29. The van der Waals surface area contributed by atoms with Crippen molar-refractivity contribution in [2.45, 2.75) is 13.2 Å². The van der Waals surface area contributed by atoms with Crippen LogP contribution in [0.15, 0.2) is 0 Å². The number of hydrogen-bond acceptors (Lipinski definition) is 4. The maximum Gasteiger partial charge on any atom is 2.00 e. The van der Waals surface area contributed by atoms with Crippen LogP contribution >= 0.6 is 0 Å². The molecule has 3 N–H and O–H groups in total. The Morgan fingerprint density at radius 2 is 1.62 bits per heavy atom. The number of aliphatic carboxylic acids is 2. The number of hydrogen-bond donors (Lipinski definition) is 3. The van der Waals surface area contributed by atoms with Crippen LogP contribution in [-0.4, -0.2) is 89.2 Å². The zero-order chi connectivity index (χ0) is 9.72. The summed E-state index contributed by atoms with van der Waals surface area (Å²) in [5.41, 5.74) is 0. The molecule has 0 rings (SSSR count). The predicted molar refractivity (Wildman–Crippen MR) is 46.5 cm³/mol. The molecule has 0 aliphatic heterocycles. The van der Waals surface area contributed by atoms with Crippen LogP contribution in [-0.2, 0) is 9.59 Å². The summed E-state index contributed by atoms with van der Waals surface area (Å²) in [5.74, 6) is -2.34. The average Bonchev–Trinajstić information content (AvgIpc) is 1.83. The van der Waals surface area contributed by atoms with Crippen molar-refractivity contribution in [3.8, 4) is 0 Å². The topological polar surface area (TPSA) is 98.1 Å². The number of carbonyl (C=O) groups is 2. The van der Waals surface area contributed by atoms with E-state index in [0.29, 0.717) is 0 Å². The Bertz CT molecular complexity index is 176. The summed E-state index contributed by atoms with van der Waals surface area (Å²) in [6, 6.07) is 0. The molecule has 0 aromatic rings. The molecule has 0 saturated heterocycles. The van der Waals surface area contributed by atoms with Gasteiger partial charge in [-0.3, -0.25) is 14.5 Å². The molecule has 0 fully saturated rings. The van der Waals surface area contributed by atoms with Gasteiger partial charge >= 0.3 is 49.7 Å². The van der Waals surface area contributed by atoms with Crippen LogP contribution in [0.4, 0.5) is 0 Å². The van der Waals surface area contributed by atoms with Gasteiger partial charge in [0.2, 0.25) is 0 Å². The van der Waals surface area contributed by atoms with Crippen molar-refractivity contribution < 1.29 is 27.8 Å². The van der Waals surface area contributed by atoms with Crippen molar-refractivity contribution in [2.24, 2.45) is 0 Å². The minimum Gasteiger partial charge on any atom is -1.00 e. The molecular formula is C6H13CaNO5. The van der Waals surface area contributed by atoms with Gasteiger partial charge in [-0.25, -0.2) is 0 Å². The summed E-state index contributed by atoms with van der Waals surface area (Å²) in [6.45, 7) is 0.347. The van der Waals surface area contributed by atoms with E-state index in [2.05, 4.69) is 0 Å². The predicted octanol–water partition coefficient (Wildman–Crippen LogP) is -1.36. The number of rotatable bonds is 5. The summed E-state index contributed by atoms with van der Waals surface area (Å²) < 4.78 is 0. The molecule has 0 bridgehead atoms. The van der Waals surface area contributed by atoms with Crippen LogP contribution in [0.3, 0.4) is 0 Å². The van der Waals surface area contributed by atoms with Gasteiger partial charge in [-0.2, -0.15) is 0 Å². The van der Waals surface area contributed by atoms with E-state index in [1.54, 1.807) is 0 Å². The van der Waals surface area contributed by atoms with Crippen molar-refractivity contribution in [3.05, 3.63) is 0 Å². The van der Waals surface area contributed by atoms with Crippen molar-refractivity contribution in [1.82, 2.24) is 4.90 Å². The first-order valence-electron chi connectivity index (χ1n) is 3.29. The Labute approximate surface area is 108 Å². The molecule has 0 aromatic heterocycles. The molecular weight excluding hydrogens is 206 g/mol. The molecule has 0 saturated carbocycles. The summed E-state index contributed by atoms with van der Waals surface area (Å²) in [4.78, 5) is 21.2. The minimum absolute atomic E-state index is 0. The summed E-state index contributed by atoms with van der Waals surface area (Å²) in [7, 11) is 0. The van der Waals surface area contributed by atoms with Gasteiger partial charge in [-0.05, 0) is 6.92 Å². The van der Waals surface area contributed by atoms with E-state index in [1.807, 2.05) is 0 Å². The molecule has 13 heavy (non-hydrogen) atoms. The fourth-order valence-electron chi connectivity index (χ4n) is 0.668. The Morgan fingerprint density at radius 3 is 1.77 bits per heavy atom. The maximum absolute atomic E-state index is 10.1. The summed E-state index contributed by atoms with van der Waals surface area (Å²) in [6.07, 6.45) is -1.07. The van der Waals surface area contributed by atoms with Crippen LogP contribution < -0.4 is 0 Å². The zero-order valence-corrected chi connectivity index (χ0v) is 9.51. The molecule has 0 heterocycles. The molecule has 1 atom stereocenters. The van der Waals surface area contributed by atoms with E-state index in [-0.39, 0.29) is 40.6 Å². The van der Waals surface area contributed by atoms with E-state index in [0.717, 1.165) is 4.90 Å². The van der Waals surface area contributed by atoms with Crippen molar-refractivity contribution in [1.29, 1.82) is 0 Å². The number of carboxylic acid groups (broad SMARTS) is 2.